The molecule has 0 spiro atoms. The molecule has 7 heteroatoms. The Labute approximate surface area is 169 Å². The number of alkyl halides is 2. The molecule has 0 amide bonds. The minimum absolute atomic E-state index is 0.0263. The summed E-state index contributed by atoms with van der Waals surface area (Å²) in [6.07, 6.45) is -1.62. The van der Waals surface area contributed by atoms with E-state index >= 15 is 0 Å². The first-order valence-corrected chi connectivity index (χ1v) is 9.32. The molecule has 0 aromatic heterocycles. The molecule has 0 fully saturated rings. The van der Waals surface area contributed by atoms with Crippen molar-refractivity contribution in [2.75, 3.05) is 0 Å². The van der Waals surface area contributed by atoms with Gasteiger partial charge in [0.25, 0.3) is 0 Å². The summed E-state index contributed by atoms with van der Waals surface area (Å²) >= 11 is 0. The fourth-order valence-corrected chi connectivity index (χ4v) is 2.97. The normalized spacial score (nSPS) is 11.6. The van der Waals surface area contributed by atoms with Crippen LogP contribution < -0.4 is 4.74 Å². The number of unbranched alkanes of at least 4 members (excludes halogenated alkanes) is 1. The molecule has 1 nitrogen and oxygen atoms in total. The second-order valence-electron chi connectivity index (χ2n) is 6.81. The summed E-state index contributed by atoms with van der Waals surface area (Å²) in [5.74, 6) is -5.67. The number of halogens is 6. The van der Waals surface area contributed by atoms with Gasteiger partial charge >= 0.3 is 6.11 Å². The fraction of sp³-hybridized carbons (Fsp3) is 0.217. The van der Waals surface area contributed by atoms with Crippen LogP contribution in [0.15, 0.2) is 54.6 Å². The van der Waals surface area contributed by atoms with Crippen molar-refractivity contribution in [2.24, 2.45) is 0 Å². The lowest BCUT2D eigenvalue weighted by Gasteiger charge is -2.19. The Morgan fingerprint density at radius 1 is 0.767 bits per heavy atom. The van der Waals surface area contributed by atoms with Crippen LogP contribution in [0.2, 0.25) is 0 Å². The zero-order chi connectivity index (χ0) is 21.9. The highest BCUT2D eigenvalue weighted by atomic mass is 19.3. The minimum atomic E-state index is -3.93. The quantitative estimate of drug-likeness (QED) is 0.284. The van der Waals surface area contributed by atoms with Crippen LogP contribution in [0.5, 0.6) is 5.75 Å². The highest BCUT2D eigenvalue weighted by Crippen LogP contribution is 2.34. The first-order chi connectivity index (χ1) is 14.2. The number of rotatable bonds is 7. The third-order valence-corrected chi connectivity index (χ3v) is 4.58. The topological polar surface area (TPSA) is 9.23 Å². The van der Waals surface area contributed by atoms with E-state index in [1.54, 1.807) is 0 Å². The molecule has 0 N–H and O–H groups in total. The zero-order valence-corrected chi connectivity index (χ0v) is 16.0. The molecule has 3 aromatic carbocycles. The summed E-state index contributed by atoms with van der Waals surface area (Å²) in [4.78, 5) is 0. The number of aryl methyl sites for hydroxylation is 1. The Hall–Kier alpha value is -2.96. The Morgan fingerprint density at radius 3 is 1.97 bits per heavy atom. The maximum atomic E-state index is 14.5. The largest absolute Gasteiger partial charge is 0.429 e. The summed E-state index contributed by atoms with van der Waals surface area (Å²) in [5, 5.41) is 0. The Morgan fingerprint density at radius 2 is 1.40 bits per heavy atom. The summed E-state index contributed by atoms with van der Waals surface area (Å²) in [6, 6.07) is 9.94. The Balaban J connectivity index is 1.79. The molecule has 0 aliphatic carbocycles. The number of benzene rings is 3. The van der Waals surface area contributed by atoms with Gasteiger partial charge in [0.1, 0.15) is 11.6 Å². The third-order valence-electron chi connectivity index (χ3n) is 4.58. The third kappa shape index (κ3) is 4.78. The standard InChI is InChI=1S/C23H18F6O/c1-2-3-4-14-5-10-18(19(24)11-14)23(28,29)30-17-8-6-15(7-9-17)16-12-20(25)22(27)21(26)13-16/h5-13H,2-4H2,1H3. The van der Waals surface area contributed by atoms with Crippen LogP contribution in [0.25, 0.3) is 11.1 Å². The zero-order valence-electron chi connectivity index (χ0n) is 16.0. The van der Waals surface area contributed by atoms with Gasteiger partial charge in [-0.25, -0.2) is 17.6 Å². The minimum Gasteiger partial charge on any atom is -0.429 e. The van der Waals surface area contributed by atoms with E-state index in [2.05, 4.69) is 4.74 Å². The molecule has 0 saturated carbocycles. The molecule has 158 valence electrons. The molecule has 30 heavy (non-hydrogen) atoms. The van der Waals surface area contributed by atoms with E-state index in [4.69, 9.17) is 0 Å². The van der Waals surface area contributed by atoms with Gasteiger partial charge in [-0.2, -0.15) is 8.78 Å². The van der Waals surface area contributed by atoms with Crippen molar-refractivity contribution in [2.45, 2.75) is 32.3 Å². The molecule has 0 saturated heterocycles. The summed E-state index contributed by atoms with van der Waals surface area (Å²) in [5.41, 5.74) is 0.0138. The molecule has 0 bridgehead atoms. The number of hydrogen-bond acceptors (Lipinski definition) is 1. The lowest BCUT2D eigenvalue weighted by atomic mass is 10.0. The number of hydrogen-bond donors (Lipinski definition) is 0. The van der Waals surface area contributed by atoms with Crippen LogP contribution in [-0.4, -0.2) is 0 Å². The van der Waals surface area contributed by atoms with E-state index in [-0.39, 0.29) is 16.9 Å². The molecular formula is C23H18F6O. The van der Waals surface area contributed by atoms with E-state index in [9.17, 15) is 26.3 Å². The summed E-state index contributed by atoms with van der Waals surface area (Å²) in [6.45, 7) is 1.97. The maximum Gasteiger partial charge on any atom is 0.429 e. The van der Waals surface area contributed by atoms with E-state index in [0.717, 1.165) is 49.2 Å². The molecule has 0 radical (unpaired) electrons. The van der Waals surface area contributed by atoms with Gasteiger partial charge in [-0.15, -0.1) is 0 Å². The molecule has 3 aromatic rings. The van der Waals surface area contributed by atoms with E-state index in [0.29, 0.717) is 12.0 Å². The first-order valence-electron chi connectivity index (χ1n) is 9.32. The van der Waals surface area contributed by atoms with Gasteiger partial charge in [0, 0.05) is 0 Å². The van der Waals surface area contributed by atoms with Crippen molar-refractivity contribution in [3.63, 3.8) is 0 Å². The van der Waals surface area contributed by atoms with Gasteiger partial charge in [-0.05, 0) is 65.9 Å². The van der Waals surface area contributed by atoms with Gasteiger partial charge in [-0.1, -0.05) is 31.5 Å². The Kier molecular flexibility index (Phi) is 6.39. The predicted octanol–water partition coefficient (Wildman–Crippen LogP) is 7.38. The van der Waals surface area contributed by atoms with Crippen molar-refractivity contribution in [3.8, 4) is 16.9 Å². The van der Waals surface area contributed by atoms with Gasteiger partial charge in [0.05, 0.1) is 5.56 Å². The average molecular weight is 424 g/mol. The maximum absolute atomic E-state index is 14.5. The molecule has 0 aliphatic heterocycles. The summed E-state index contributed by atoms with van der Waals surface area (Å²) < 4.78 is 87.6. The van der Waals surface area contributed by atoms with Crippen molar-refractivity contribution >= 4 is 0 Å². The Bertz CT molecular complexity index is 1010. The van der Waals surface area contributed by atoms with Crippen LogP contribution in [0.1, 0.15) is 30.9 Å². The molecular weight excluding hydrogens is 406 g/mol. The van der Waals surface area contributed by atoms with E-state index in [1.807, 2.05) is 6.92 Å². The van der Waals surface area contributed by atoms with Gasteiger partial charge in [0.2, 0.25) is 0 Å². The molecule has 0 aliphatic rings. The van der Waals surface area contributed by atoms with E-state index in [1.165, 1.54) is 18.2 Å². The molecule has 3 rings (SSSR count). The average Bonchev–Trinajstić information content (AvgIpc) is 2.70. The SMILES string of the molecule is CCCCc1ccc(C(F)(F)Oc2ccc(-c3cc(F)c(F)c(F)c3)cc2)c(F)c1. The smallest absolute Gasteiger partial charge is 0.429 e. The second kappa shape index (κ2) is 8.81. The van der Waals surface area contributed by atoms with Gasteiger partial charge < -0.3 is 4.74 Å². The van der Waals surface area contributed by atoms with Crippen molar-refractivity contribution < 1.29 is 31.1 Å². The van der Waals surface area contributed by atoms with Crippen LogP contribution in [0.3, 0.4) is 0 Å². The summed E-state index contributed by atoms with van der Waals surface area (Å²) in [7, 11) is 0. The van der Waals surface area contributed by atoms with Crippen molar-refractivity contribution in [1.82, 2.24) is 0 Å². The molecule has 0 atom stereocenters. The van der Waals surface area contributed by atoms with Crippen LogP contribution in [0, 0.1) is 23.3 Å². The van der Waals surface area contributed by atoms with Gasteiger partial charge in [-0.3, -0.25) is 0 Å². The fourth-order valence-electron chi connectivity index (χ4n) is 2.97. The van der Waals surface area contributed by atoms with Crippen LogP contribution >= 0.6 is 0 Å². The lowest BCUT2D eigenvalue weighted by Crippen LogP contribution is -2.23. The van der Waals surface area contributed by atoms with E-state index < -0.39 is 34.9 Å². The predicted molar refractivity (Wildman–Crippen MR) is 101 cm³/mol. The molecule has 0 heterocycles. The highest BCUT2D eigenvalue weighted by Gasteiger charge is 2.37. The monoisotopic (exact) mass is 424 g/mol. The van der Waals surface area contributed by atoms with Crippen molar-refractivity contribution in [3.05, 3.63) is 89.0 Å². The highest BCUT2D eigenvalue weighted by molar-refractivity contribution is 5.64. The first kappa shape index (κ1) is 21.7. The van der Waals surface area contributed by atoms with Crippen LogP contribution in [0.4, 0.5) is 26.3 Å². The lowest BCUT2D eigenvalue weighted by molar-refractivity contribution is -0.187. The van der Waals surface area contributed by atoms with Crippen molar-refractivity contribution in [1.29, 1.82) is 0 Å². The number of ether oxygens (including phenoxy) is 1. The second-order valence-corrected chi connectivity index (χ2v) is 6.81. The van der Waals surface area contributed by atoms with Gasteiger partial charge in [0.15, 0.2) is 17.5 Å². The van der Waals surface area contributed by atoms with Crippen LogP contribution in [-0.2, 0) is 12.5 Å². The molecule has 0 unspecified atom stereocenters.